The number of hydrogen-bond acceptors (Lipinski definition) is 2. The predicted molar refractivity (Wildman–Crippen MR) is 70.8 cm³/mol. The number of halogens is 1. The largest absolute Gasteiger partial charge is 0.374 e. The molecule has 82 valence electrons. The highest BCUT2D eigenvalue weighted by Gasteiger charge is 2.12. The van der Waals surface area contributed by atoms with Crippen molar-refractivity contribution in [2.45, 2.75) is 26.3 Å². The van der Waals surface area contributed by atoms with Crippen LogP contribution in [-0.4, -0.2) is 11.9 Å². The Morgan fingerprint density at radius 2 is 2.27 bits per heavy atom. The second kappa shape index (κ2) is 5.34. The number of rotatable bonds is 4. The zero-order valence-electron chi connectivity index (χ0n) is 8.88. The van der Waals surface area contributed by atoms with Crippen LogP contribution in [-0.2, 0) is 4.79 Å². The number of nitrogens with two attached hydrogens (primary N) is 1. The molecule has 0 aliphatic heterocycles. The molecule has 0 saturated carbocycles. The first-order chi connectivity index (χ1) is 7.04. The van der Waals surface area contributed by atoms with Crippen LogP contribution in [0.15, 0.2) is 18.2 Å². The molecule has 0 aliphatic carbocycles. The SMILES string of the molecule is CCC(Nc1ccc(C)c(I)c1)C(N)=O. The second-order valence-corrected chi connectivity index (χ2v) is 4.63. The van der Waals surface area contributed by atoms with Gasteiger partial charge in [-0.2, -0.15) is 0 Å². The minimum absolute atomic E-state index is 0.288. The molecule has 0 heterocycles. The summed E-state index contributed by atoms with van der Waals surface area (Å²) in [5.74, 6) is -0.312. The number of hydrogen-bond donors (Lipinski definition) is 2. The number of benzene rings is 1. The van der Waals surface area contributed by atoms with Crippen LogP contribution in [0.5, 0.6) is 0 Å². The second-order valence-electron chi connectivity index (χ2n) is 3.47. The molecule has 1 amide bonds. The molecule has 3 N–H and O–H groups in total. The lowest BCUT2D eigenvalue weighted by Crippen LogP contribution is -2.34. The van der Waals surface area contributed by atoms with E-state index in [4.69, 9.17) is 5.73 Å². The number of carbonyl (C=O) groups excluding carboxylic acids is 1. The average molecular weight is 318 g/mol. The van der Waals surface area contributed by atoms with Crippen molar-refractivity contribution in [1.29, 1.82) is 0 Å². The molecule has 1 rings (SSSR count). The summed E-state index contributed by atoms with van der Waals surface area (Å²) in [6.07, 6.45) is 0.694. The maximum absolute atomic E-state index is 11.0. The van der Waals surface area contributed by atoms with Gasteiger partial charge in [0.2, 0.25) is 5.91 Å². The van der Waals surface area contributed by atoms with E-state index in [0.29, 0.717) is 6.42 Å². The van der Waals surface area contributed by atoms with E-state index < -0.39 is 0 Å². The number of amides is 1. The van der Waals surface area contributed by atoms with E-state index in [2.05, 4.69) is 34.8 Å². The Labute approximate surface area is 104 Å². The molecule has 4 heteroatoms. The van der Waals surface area contributed by atoms with Crippen LogP contribution in [0.2, 0.25) is 0 Å². The molecule has 0 radical (unpaired) electrons. The molecular formula is C11H15IN2O. The van der Waals surface area contributed by atoms with Gasteiger partial charge in [0.05, 0.1) is 0 Å². The lowest BCUT2D eigenvalue weighted by atomic mass is 10.2. The molecule has 15 heavy (non-hydrogen) atoms. The highest BCUT2D eigenvalue weighted by molar-refractivity contribution is 14.1. The number of carbonyl (C=O) groups is 1. The fourth-order valence-electron chi connectivity index (χ4n) is 1.26. The van der Waals surface area contributed by atoms with Gasteiger partial charge in [-0.05, 0) is 53.6 Å². The van der Waals surface area contributed by atoms with Gasteiger partial charge < -0.3 is 11.1 Å². The van der Waals surface area contributed by atoms with Gasteiger partial charge in [0, 0.05) is 9.26 Å². The van der Waals surface area contributed by atoms with Gasteiger partial charge >= 0.3 is 0 Å². The molecule has 1 unspecified atom stereocenters. The van der Waals surface area contributed by atoms with Crippen molar-refractivity contribution in [1.82, 2.24) is 0 Å². The fourth-order valence-corrected chi connectivity index (χ4v) is 1.77. The van der Waals surface area contributed by atoms with Crippen molar-refractivity contribution >= 4 is 34.2 Å². The van der Waals surface area contributed by atoms with Crippen LogP contribution in [0.4, 0.5) is 5.69 Å². The van der Waals surface area contributed by atoms with Gasteiger partial charge in [-0.1, -0.05) is 13.0 Å². The van der Waals surface area contributed by atoms with Crippen LogP contribution < -0.4 is 11.1 Å². The van der Waals surface area contributed by atoms with Crippen LogP contribution >= 0.6 is 22.6 Å². The summed E-state index contributed by atoms with van der Waals surface area (Å²) in [6.45, 7) is 3.98. The molecule has 1 atom stereocenters. The number of anilines is 1. The quantitative estimate of drug-likeness (QED) is 0.837. The maximum atomic E-state index is 11.0. The monoisotopic (exact) mass is 318 g/mol. The first-order valence-corrected chi connectivity index (χ1v) is 5.94. The number of nitrogens with one attached hydrogen (secondary N) is 1. The standard InChI is InChI=1S/C11H15IN2O/c1-3-10(11(13)15)14-8-5-4-7(2)9(12)6-8/h4-6,10,14H,3H2,1-2H3,(H2,13,15). The Kier molecular flexibility index (Phi) is 4.38. The van der Waals surface area contributed by atoms with E-state index in [1.807, 2.05) is 25.1 Å². The van der Waals surface area contributed by atoms with Gasteiger partial charge in [0.15, 0.2) is 0 Å². The molecule has 1 aromatic carbocycles. The molecule has 0 aromatic heterocycles. The lowest BCUT2D eigenvalue weighted by Gasteiger charge is -2.15. The van der Waals surface area contributed by atoms with E-state index in [1.54, 1.807) is 0 Å². The fraction of sp³-hybridized carbons (Fsp3) is 0.364. The van der Waals surface area contributed by atoms with E-state index in [1.165, 1.54) is 9.13 Å². The zero-order chi connectivity index (χ0) is 11.4. The topological polar surface area (TPSA) is 55.1 Å². The summed E-state index contributed by atoms with van der Waals surface area (Å²) >= 11 is 2.27. The first kappa shape index (κ1) is 12.3. The zero-order valence-corrected chi connectivity index (χ0v) is 11.0. The van der Waals surface area contributed by atoms with Crippen LogP contribution in [0.3, 0.4) is 0 Å². The summed E-state index contributed by atoms with van der Waals surface area (Å²) in [6, 6.07) is 5.71. The van der Waals surface area contributed by atoms with Crippen LogP contribution in [0.1, 0.15) is 18.9 Å². The van der Waals surface area contributed by atoms with Gasteiger partial charge in [0.25, 0.3) is 0 Å². The highest BCUT2D eigenvalue weighted by Crippen LogP contribution is 2.18. The van der Waals surface area contributed by atoms with Gasteiger partial charge in [-0.25, -0.2) is 0 Å². The van der Waals surface area contributed by atoms with Gasteiger partial charge in [-0.3, -0.25) is 4.79 Å². The Bertz CT molecular complexity index is 366. The third-order valence-corrected chi connectivity index (χ3v) is 3.43. The summed E-state index contributed by atoms with van der Waals surface area (Å²) in [5, 5.41) is 3.12. The van der Waals surface area contributed by atoms with Crippen LogP contribution in [0.25, 0.3) is 0 Å². The Morgan fingerprint density at radius 1 is 1.60 bits per heavy atom. The summed E-state index contributed by atoms with van der Waals surface area (Å²) in [5.41, 5.74) is 7.43. The maximum Gasteiger partial charge on any atom is 0.239 e. The minimum atomic E-state index is -0.312. The molecule has 0 spiro atoms. The third-order valence-electron chi connectivity index (χ3n) is 2.26. The van der Waals surface area contributed by atoms with Gasteiger partial charge in [-0.15, -0.1) is 0 Å². The number of primary amides is 1. The Hall–Kier alpha value is -0.780. The molecule has 0 aliphatic rings. The number of aryl methyl sites for hydroxylation is 1. The van der Waals surface area contributed by atoms with Crippen LogP contribution in [0, 0.1) is 10.5 Å². The summed E-state index contributed by atoms with van der Waals surface area (Å²) in [4.78, 5) is 11.0. The van der Waals surface area contributed by atoms with E-state index in [9.17, 15) is 4.79 Å². The highest BCUT2D eigenvalue weighted by atomic mass is 127. The minimum Gasteiger partial charge on any atom is -0.374 e. The van der Waals surface area contributed by atoms with Crippen molar-refractivity contribution in [2.24, 2.45) is 5.73 Å². The molecule has 0 fully saturated rings. The van der Waals surface area contributed by atoms with Crippen molar-refractivity contribution < 1.29 is 4.79 Å². The molecule has 0 saturated heterocycles. The normalized spacial score (nSPS) is 12.2. The van der Waals surface area contributed by atoms with E-state index in [0.717, 1.165) is 5.69 Å². The summed E-state index contributed by atoms with van der Waals surface area (Å²) in [7, 11) is 0. The molecule has 1 aromatic rings. The molecule has 0 bridgehead atoms. The lowest BCUT2D eigenvalue weighted by molar-refractivity contribution is -0.118. The van der Waals surface area contributed by atoms with Gasteiger partial charge in [0.1, 0.15) is 6.04 Å². The molecule has 3 nitrogen and oxygen atoms in total. The smallest absolute Gasteiger partial charge is 0.239 e. The third kappa shape index (κ3) is 3.37. The molecular weight excluding hydrogens is 303 g/mol. The van der Waals surface area contributed by atoms with Crippen molar-refractivity contribution in [2.75, 3.05) is 5.32 Å². The van der Waals surface area contributed by atoms with Crippen molar-refractivity contribution in [3.63, 3.8) is 0 Å². The average Bonchev–Trinajstić information content (AvgIpc) is 2.19. The summed E-state index contributed by atoms with van der Waals surface area (Å²) < 4.78 is 1.18. The van der Waals surface area contributed by atoms with E-state index in [-0.39, 0.29) is 11.9 Å². The van der Waals surface area contributed by atoms with E-state index >= 15 is 0 Å². The Balaban J connectivity index is 2.80. The van der Waals surface area contributed by atoms with Crippen molar-refractivity contribution in [3.8, 4) is 0 Å². The Morgan fingerprint density at radius 3 is 2.73 bits per heavy atom. The predicted octanol–water partition coefficient (Wildman–Crippen LogP) is 2.28. The van der Waals surface area contributed by atoms with Crippen molar-refractivity contribution in [3.05, 3.63) is 27.3 Å². The first-order valence-electron chi connectivity index (χ1n) is 4.86.